The molecule has 1 aromatic heterocycles. The topological polar surface area (TPSA) is 59.4 Å². The summed E-state index contributed by atoms with van der Waals surface area (Å²) >= 11 is 1.16. The van der Waals surface area contributed by atoms with Crippen LogP contribution in [0.5, 0.6) is 5.75 Å². The monoisotopic (exact) mass is 277 g/mol. The van der Waals surface area contributed by atoms with Gasteiger partial charge in [-0.3, -0.25) is 0 Å². The number of carbonyl (C=O) groups is 1. The summed E-state index contributed by atoms with van der Waals surface area (Å²) < 4.78 is 5.76. The number of hydrogen-bond donors (Lipinski definition) is 1. The van der Waals surface area contributed by atoms with Gasteiger partial charge in [0.1, 0.15) is 22.2 Å². The Morgan fingerprint density at radius 3 is 2.47 bits per heavy atom. The van der Waals surface area contributed by atoms with E-state index in [-0.39, 0.29) is 4.88 Å². The number of para-hydroxylation sites is 1. The van der Waals surface area contributed by atoms with Crippen molar-refractivity contribution >= 4 is 17.3 Å². The molecule has 0 bridgehead atoms. The average Bonchev–Trinajstić information content (AvgIpc) is 2.70. The summed E-state index contributed by atoms with van der Waals surface area (Å²) in [6, 6.07) is 5.95. The first kappa shape index (κ1) is 13.5. The Kier molecular flexibility index (Phi) is 3.85. The van der Waals surface area contributed by atoms with E-state index < -0.39 is 5.97 Å². The van der Waals surface area contributed by atoms with Gasteiger partial charge in [0.2, 0.25) is 0 Å². The van der Waals surface area contributed by atoms with Crippen molar-refractivity contribution in [2.45, 2.75) is 27.4 Å². The van der Waals surface area contributed by atoms with E-state index in [9.17, 15) is 4.79 Å². The second-order valence-corrected chi connectivity index (χ2v) is 5.42. The van der Waals surface area contributed by atoms with Crippen LogP contribution in [0.1, 0.15) is 31.5 Å². The van der Waals surface area contributed by atoms with Gasteiger partial charge in [-0.05, 0) is 31.9 Å². The van der Waals surface area contributed by atoms with Gasteiger partial charge in [-0.15, -0.1) is 11.3 Å². The largest absolute Gasteiger partial charge is 0.486 e. The lowest BCUT2D eigenvalue weighted by molar-refractivity contribution is 0.0701. The van der Waals surface area contributed by atoms with Crippen molar-refractivity contribution in [1.82, 2.24) is 4.98 Å². The molecule has 0 aliphatic carbocycles. The number of aryl methyl sites for hydroxylation is 3. The molecule has 1 aromatic carbocycles. The Morgan fingerprint density at radius 2 is 1.95 bits per heavy atom. The van der Waals surface area contributed by atoms with E-state index in [2.05, 4.69) is 4.98 Å². The van der Waals surface area contributed by atoms with Crippen molar-refractivity contribution in [3.8, 4) is 5.75 Å². The fourth-order valence-corrected chi connectivity index (χ4v) is 2.69. The molecule has 0 unspecified atom stereocenters. The van der Waals surface area contributed by atoms with Crippen molar-refractivity contribution < 1.29 is 14.6 Å². The molecule has 0 fully saturated rings. The highest BCUT2D eigenvalue weighted by Gasteiger charge is 2.14. The van der Waals surface area contributed by atoms with Gasteiger partial charge in [-0.1, -0.05) is 18.2 Å². The molecule has 0 aliphatic rings. The van der Waals surface area contributed by atoms with Gasteiger partial charge >= 0.3 is 5.97 Å². The van der Waals surface area contributed by atoms with Crippen LogP contribution in [-0.2, 0) is 6.61 Å². The maximum atomic E-state index is 10.9. The minimum absolute atomic E-state index is 0.278. The highest BCUT2D eigenvalue weighted by Crippen LogP contribution is 2.25. The number of nitrogens with zero attached hydrogens (tertiary/aromatic N) is 1. The molecule has 0 saturated carbocycles. The van der Waals surface area contributed by atoms with Gasteiger partial charge in [-0.25, -0.2) is 9.78 Å². The number of carboxylic acid groups (broad SMARTS) is 1. The third-order valence-electron chi connectivity index (χ3n) is 2.78. The fourth-order valence-electron chi connectivity index (χ4n) is 1.87. The highest BCUT2D eigenvalue weighted by atomic mass is 32.1. The van der Waals surface area contributed by atoms with Crippen LogP contribution in [0.3, 0.4) is 0 Å². The van der Waals surface area contributed by atoms with Crippen LogP contribution in [0.25, 0.3) is 0 Å². The van der Waals surface area contributed by atoms with Gasteiger partial charge in [0.15, 0.2) is 0 Å². The van der Waals surface area contributed by atoms with Crippen LogP contribution in [0.15, 0.2) is 18.2 Å². The standard InChI is InChI=1S/C14H15NO3S/c1-8-5-4-6-9(2)12(8)18-7-11-15-10(3)13(19-11)14(16)17/h4-6H,7H2,1-3H3,(H,16,17). The third kappa shape index (κ3) is 2.93. The van der Waals surface area contributed by atoms with Crippen molar-refractivity contribution in [3.05, 3.63) is 44.9 Å². The Morgan fingerprint density at radius 1 is 1.32 bits per heavy atom. The van der Waals surface area contributed by atoms with E-state index in [1.165, 1.54) is 0 Å². The highest BCUT2D eigenvalue weighted by molar-refractivity contribution is 7.13. The average molecular weight is 277 g/mol. The molecule has 4 nitrogen and oxygen atoms in total. The van der Waals surface area contributed by atoms with Crippen LogP contribution >= 0.6 is 11.3 Å². The number of hydrogen-bond acceptors (Lipinski definition) is 4. The first-order chi connectivity index (χ1) is 8.99. The lowest BCUT2D eigenvalue weighted by Gasteiger charge is -2.10. The molecular formula is C14H15NO3S. The molecule has 2 aromatic rings. The molecule has 1 N–H and O–H groups in total. The van der Waals surface area contributed by atoms with Gasteiger partial charge in [-0.2, -0.15) is 0 Å². The maximum absolute atomic E-state index is 10.9. The van der Waals surface area contributed by atoms with E-state index in [0.717, 1.165) is 28.2 Å². The lowest BCUT2D eigenvalue weighted by Crippen LogP contribution is -1.98. The zero-order valence-corrected chi connectivity index (χ0v) is 11.9. The summed E-state index contributed by atoms with van der Waals surface area (Å²) in [6.07, 6.45) is 0. The number of carboxylic acids is 1. The summed E-state index contributed by atoms with van der Waals surface area (Å²) in [5.74, 6) is -0.0967. The van der Waals surface area contributed by atoms with Gasteiger partial charge in [0.25, 0.3) is 0 Å². The number of aromatic nitrogens is 1. The molecular weight excluding hydrogens is 262 g/mol. The molecule has 0 saturated heterocycles. The molecule has 19 heavy (non-hydrogen) atoms. The van der Waals surface area contributed by atoms with Crippen molar-refractivity contribution in [2.75, 3.05) is 0 Å². The van der Waals surface area contributed by atoms with Crippen molar-refractivity contribution in [2.24, 2.45) is 0 Å². The fraction of sp³-hybridized carbons (Fsp3) is 0.286. The Balaban J connectivity index is 2.15. The summed E-state index contributed by atoms with van der Waals surface area (Å²) in [5.41, 5.74) is 2.66. The summed E-state index contributed by atoms with van der Waals surface area (Å²) in [6.45, 7) is 5.96. The van der Waals surface area contributed by atoms with E-state index in [4.69, 9.17) is 9.84 Å². The smallest absolute Gasteiger partial charge is 0.347 e. The Bertz CT molecular complexity index is 599. The molecule has 0 radical (unpaired) electrons. The minimum atomic E-state index is -0.937. The Labute approximate surface area is 115 Å². The zero-order chi connectivity index (χ0) is 14.0. The predicted octanol–water partition coefficient (Wildman–Crippen LogP) is 3.35. The van der Waals surface area contributed by atoms with E-state index in [1.807, 2.05) is 32.0 Å². The van der Waals surface area contributed by atoms with Gasteiger partial charge in [0, 0.05) is 0 Å². The minimum Gasteiger partial charge on any atom is -0.486 e. The Hall–Kier alpha value is -1.88. The van der Waals surface area contributed by atoms with Crippen LogP contribution in [0, 0.1) is 20.8 Å². The van der Waals surface area contributed by atoms with Crippen molar-refractivity contribution in [1.29, 1.82) is 0 Å². The first-order valence-electron chi connectivity index (χ1n) is 5.87. The zero-order valence-electron chi connectivity index (χ0n) is 11.1. The van der Waals surface area contributed by atoms with E-state index >= 15 is 0 Å². The van der Waals surface area contributed by atoms with Gasteiger partial charge < -0.3 is 9.84 Å². The summed E-state index contributed by atoms with van der Waals surface area (Å²) in [5, 5.41) is 9.66. The number of rotatable bonds is 4. The van der Waals surface area contributed by atoms with Crippen LogP contribution in [-0.4, -0.2) is 16.1 Å². The number of benzene rings is 1. The molecule has 0 atom stereocenters. The van der Waals surface area contributed by atoms with Crippen molar-refractivity contribution in [3.63, 3.8) is 0 Å². The van der Waals surface area contributed by atoms with E-state index in [1.54, 1.807) is 6.92 Å². The summed E-state index contributed by atoms with van der Waals surface area (Å²) in [7, 11) is 0. The molecule has 0 aliphatic heterocycles. The molecule has 5 heteroatoms. The SMILES string of the molecule is Cc1cccc(C)c1OCc1nc(C)c(C(=O)O)s1. The number of ether oxygens (including phenoxy) is 1. The lowest BCUT2D eigenvalue weighted by atomic mass is 10.1. The van der Waals surface area contributed by atoms with E-state index in [0.29, 0.717) is 17.3 Å². The maximum Gasteiger partial charge on any atom is 0.347 e. The molecule has 100 valence electrons. The first-order valence-corrected chi connectivity index (χ1v) is 6.69. The second kappa shape index (κ2) is 5.40. The van der Waals surface area contributed by atoms with Crippen LogP contribution in [0.4, 0.5) is 0 Å². The third-order valence-corrected chi connectivity index (χ3v) is 3.90. The van der Waals surface area contributed by atoms with Crippen LogP contribution in [0.2, 0.25) is 0 Å². The molecule has 0 amide bonds. The molecule has 1 heterocycles. The quantitative estimate of drug-likeness (QED) is 0.931. The predicted molar refractivity (Wildman–Crippen MR) is 74.1 cm³/mol. The normalized spacial score (nSPS) is 10.5. The second-order valence-electron chi connectivity index (χ2n) is 4.34. The van der Waals surface area contributed by atoms with Crippen LogP contribution < -0.4 is 4.74 Å². The van der Waals surface area contributed by atoms with Gasteiger partial charge in [0.05, 0.1) is 5.69 Å². The number of aromatic carboxylic acids is 1. The molecule has 2 rings (SSSR count). The number of thiazole rings is 1. The summed E-state index contributed by atoms with van der Waals surface area (Å²) in [4.78, 5) is 15.4. The molecule has 0 spiro atoms.